The van der Waals surface area contributed by atoms with Crippen molar-refractivity contribution in [3.63, 3.8) is 0 Å². The minimum absolute atomic E-state index is 0.00657. The number of rotatable bonds is 6. The lowest BCUT2D eigenvalue weighted by atomic mass is 10.1. The highest BCUT2D eigenvalue weighted by molar-refractivity contribution is 7.13. The Balaban J connectivity index is 1.71. The van der Waals surface area contributed by atoms with Gasteiger partial charge in [0.05, 0.1) is 17.8 Å². The highest BCUT2D eigenvalue weighted by Crippen LogP contribution is 2.23. The van der Waals surface area contributed by atoms with Crippen LogP contribution < -0.4 is 0 Å². The molecule has 0 N–H and O–H groups in total. The molecule has 0 aliphatic carbocycles. The molecule has 3 aromatic rings. The SMILES string of the molecule is CN(C)C(=O)[C@H](OC(=O)Cc1csc(-c2ccccn2)n1)c1ccccc1. The van der Waals surface area contributed by atoms with Crippen LogP contribution in [-0.4, -0.2) is 40.8 Å². The van der Waals surface area contributed by atoms with Gasteiger partial charge in [0, 0.05) is 31.2 Å². The molecule has 1 amide bonds. The number of amides is 1. The third-order valence-electron chi connectivity index (χ3n) is 3.78. The zero-order chi connectivity index (χ0) is 19.2. The minimum Gasteiger partial charge on any atom is -0.447 e. The zero-order valence-corrected chi connectivity index (χ0v) is 15.8. The number of aromatic nitrogens is 2. The number of pyridine rings is 1. The fourth-order valence-corrected chi connectivity index (χ4v) is 3.23. The van der Waals surface area contributed by atoms with Crippen molar-refractivity contribution in [2.75, 3.05) is 14.1 Å². The number of hydrogen-bond acceptors (Lipinski definition) is 6. The molecule has 0 radical (unpaired) electrons. The quantitative estimate of drug-likeness (QED) is 0.614. The molecule has 0 spiro atoms. The number of ether oxygens (including phenoxy) is 1. The van der Waals surface area contributed by atoms with Crippen LogP contribution in [0.1, 0.15) is 17.4 Å². The Labute approximate surface area is 161 Å². The Bertz CT molecular complexity index is 910. The van der Waals surface area contributed by atoms with E-state index in [0.29, 0.717) is 11.3 Å². The Kier molecular flexibility index (Phi) is 5.93. The first-order chi connectivity index (χ1) is 13.0. The van der Waals surface area contributed by atoms with Crippen LogP contribution in [0.3, 0.4) is 0 Å². The summed E-state index contributed by atoms with van der Waals surface area (Å²) in [5.74, 6) is -0.793. The van der Waals surface area contributed by atoms with E-state index in [1.165, 1.54) is 16.2 Å². The largest absolute Gasteiger partial charge is 0.447 e. The van der Waals surface area contributed by atoms with Crippen molar-refractivity contribution in [1.29, 1.82) is 0 Å². The second kappa shape index (κ2) is 8.55. The van der Waals surface area contributed by atoms with E-state index in [1.54, 1.807) is 49.9 Å². The summed E-state index contributed by atoms with van der Waals surface area (Å²) in [6.45, 7) is 0. The van der Waals surface area contributed by atoms with Gasteiger partial charge in [0.25, 0.3) is 5.91 Å². The first kappa shape index (κ1) is 18.7. The van der Waals surface area contributed by atoms with Crippen LogP contribution in [0, 0.1) is 0 Å². The predicted octanol–water partition coefficient (Wildman–Crippen LogP) is 3.12. The van der Waals surface area contributed by atoms with E-state index < -0.39 is 12.1 Å². The molecule has 2 aromatic heterocycles. The number of likely N-dealkylation sites (N-methyl/N-ethyl adjacent to an activating group) is 1. The Morgan fingerprint density at radius 2 is 1.85 bits per heavy atom. The molecule has 3 rings (SSSR count). The number of carbonyl (C=O) groups is 2. The van der Waals surface area contributed by atoms with Crippen LogP contribution in [-0.2, 0) is 20.7 Å². The van der Waals surface area contributed by atoms with Crippen LogP contribution >= 0.6 is 11.3 Å². The molecule has 138 valence electrons. The minimum atomic E-state index is -0.970. The molecule has 0 aliphatic rings. The highest BCUT2D eigenvalue weighted by Gasteiger charge is 2.26. The smallest absolute Gasteiger partial charge is 0.313 e. The molecule has 0 bridgehead atoms. The average Bonchev–Trinajstić information content (AvgIpc) is 3.15. The maximum Gasteiger partial charge on any atom is 0.313 e. The van der Waals surface area contributed by atoms with Gasteiger partial charge in [-0.3, -0.25) is 14.6 Å². The van der Waals surface area contributed by atoms with Gasteiger partial charge in [-0.05, 0) is 12.1 Å². The summed E-state index contributed by atoms with van der Waals surface area (Å²) >= 11 is 1.41. The number of nitrogens with zero attached hydrogens (tertiary/aromatic N) is 3. The molecule has 0 saturated heterocycles. The molecule has 0 saturated carbocycles. The lowest BCUT2D eigenvalue weighted by Gasteiger charge is -2.21. The lowest BCUT2D eigenvalue weighted by Crippen LogP contribution is -2.31. The first-order valence-corrected chi connectivity index (χ1v) is 9.24. The average molecular weight is 381 g/mol. The highest BCUT2D eigenvalue weighted by atomic mass is 32.1. The predicted molar refractivity (Wildman–Crippen MR) is 103 cm³/mol. The van der Waals surface area contributed by atoms with E-state index in [-0.39, 0.29) is 12.3 Å². The molecule has 2 heterocycles. The third-order valence-corrected chi connectivity index (χ3v) is 4.69. The van der Waals surface area contributed by atoms with Gasteiger partial charge in [0.15, 0.2) is 0 Å². The summed E-state index contributed by atoms with van der Waals surface area (Å²) < 4.78 is 5.50. The molecule has 0 fully saturated rings. The molecule has 0 unspecified atom stereocenters. The van der Waals surface area contributed by atoms with Crippen molar-refractivity contribution in [1.82, 2.24) is 14.9 Å². The summed E-state index contributed by atoms with van der Waals surface area (Å²) in [5.41, 5.74) is 1.99. The van der Waals surface area contributed by atoms with Crippen LogP contribution in [0.2, 0.25) is 0 Å². The van der Waals surface area contributed by atoms with Crippen molar-refractivity contribution in [2.24, 2.45) is 0 Å². The maximum absolute atomic E-state index is 12.4. The van der Waals surface area contributed by atoms with Crippen molar-refractivity contribution in [3.8, 4) is 10.7 Å². The molecular formula is C20H19N3O3S. The van der Waals surface area contributed by atoms with Gasteiger partial charge in [-0.25, -0.2) is 4.98 Å². The number of thiazole rings is 1. The molecule has 0 aliphatic heterocycles. The second-order valence-electron chi connectivity index (χ2n) is 6.05. The second-order valence-corrected chi connectivity index (χ2v) is 6.91. The number of esters is 1. The summed E-state index contributed by atoms with van der Waals surface area (Å²) in [6, 6.07) is 14.6. The van der Waals surface area contributed by atoms with Gasteiger partial charge in [0.1, 0.15) is 5.01 Å². The standard InChI is InChI=1S/C20H19N3O3S/c1-23(2)20(25)18(14-8-4-3-5-9-14)26-17(24)12-15-13-27-19(22-15)16-10-6-7-11-21-16/h3-11,13,18H,12H2,1-2H3/t18-/m1/s1. The summed E-state index contributed by atoms with van der Waals surface area (Å²) in [5, 5.41) is 2.54. The summed E-state index contributed by atoms with van der Waals surface area (Å²) in [6.07, 6.45) is 0.720. The van der Waals surface area contributed by atoms with Gasteiger partial charge in [-0.2, -0.15) is 0 Å². The fraction of sp³-hybridized carbons (Fsp3) is 0.200. The van der Waals surface area contributed by atoms with Crippen molar-refractivity contribution >= 4 is 23.2 Å². The van der Waals surface area contributed by atoms with Gasteiger partial charge >= 0.3 is 5.97 Å². The summed E-state index contributed by atoms with van der Waals surface area (Å²) in [4.78, 5) is 35.0. The lowest BCUT2D eigenvalue weighted by molar-refractivity contribution is -0.159. The Morgan fingerprint density at radius 3 is 2.52 bits per heavy atom. The zero-order valence-electron chi connectivity index (χ0n) is 15.0. The van der Waals surface area contributed by atoms with Crippen molar-refractivity contribution in [3.05, 3.63) is 71.4 Å². The first-order valence-electron chi connectivity index (χ1n) is 8.36. The van der Waals surface area contributed by atoms with E-state index in [1.807, 2.05) is 24.3 Å². The Hall–Kier alpha value is -3.06. The van der Waals surface area contributed by atoms with Crippen molar-refractivity contribution in [2.45, 2.75) is 12.5 Å². The van der Waals surface area contributed by atoms with Gasteiger partial charge in [-0.1, -0.05) is 36.4 Å². The topological polar surface area (TPSA) is 72.4 Å². The van der Waals surface area contributed by atoms with Gasteiger partial charge in [0.2, 0.25) is 6.10 Å². The van der Waals surface area contributed by atoms with E-state index in [0.717, 1.165) is 10.7 Å². The van der Waals surface area contributed by atoms with E-state index in [9.17, 15) is 9.59 Å². The van der Waals surface area contributed by atoms with E-state index in [2.05, 4.69) is 9.97 Å². The monoisotopic (exact) mass is 381 g/mol. The molecule has 1 aromatic carbocycles. The van der Waals surface area contributed by atoms with E-state index >= 15 is 0 Å². The van der Waals surface area contributed by atoms with Gasteiger partial charge in [-0.15, -0.1) is 11.3 Å². The molecule has 27 heavy (non-hydrogen) atoms. The molecule has 6 nitrogen and oxygen atoms in total. The molecule has 7 heteroatoms. The summed E-state index contributed by atoms with van der Waals surface area (Å²) in [7, 11) is 3.26. The van der Waals surface area contributed by atoms with Crippen LogP contribution in [0.5, 0.6) is 0 Å². The normalized spacial score (nSPS) is 11.6. The number of hydrogen-bond donors (Lipinski definition) is 0. The van der Waals surface area contributed by atoms with Gasteiger partial charge < -0.3 is 9.64 Å². The third kappa shape index (κ3) is 4.77. The Morgan fingerprint density at radius 1 is 1.11 bits per heavy atom. The molecular weight excluding hydrogens is 362 g/mol. The van der Waals surface area contributed by atoms with Crippen LogP contribution in [0.15, 0.2) is 60.1 Å². The number of carbonyl (C=O) groups excluding carboxylic acids is 2. The van der Waals surface area contributed by atoms with Crippen LogP contribution in [0.4, 0.5) is 0 Å². The number of benzene rings is 1. The molecule has 1 atom stereocenters. The fourth-order valence-electron chi connectivity index (χ4n) is 2.44. The van der Waals surface area contributed by atoms with E-state index in [4.69, 9.17) is 4.74 Å². The van der Waals surface area contributed by atoms with Crippen molar-refractivity contribution < 1.29 is 14.3 Å². The van der Waals surface area contributed by atoms with Crippen LogP contribution in [0.25, 0.3) is 10.7 Å². The maximum atomic E-state index is 12.4.